The molecule has 1 aromatic heterocycles. The van der Waals surface area contributed by atoms with Crippen LogP contribution in [0.3, 0.4) is 0 Å². The Morgan fingerprint density at radius 1 is 0.508 bits per heavy atom. The van der Waals surface area contributed by atoms with Gasteiger partial charge in [-0.2, -0.15) is 0 Å². The molecular weight excluding hydrogens is 866 g/mol. The zero-order valence-corrected chi connectivity index (χ0v) is 40.4. The minimum absolute atomic E-state index is 0.00924. The molecule has 0 fully saturated rings. The maximum absolute atomic E-state index is 15.1. The Labute approximate surface area is 352 Å². The van der Waals surface area contributed by atoms with E-state index in [1.54, 1.807) is 94.1 Å². The van der Waals surface area contributed by atoms with E-state index in [0.29, 0.717) is 16.7 Å². The van der Waals surface area contributed by atoms with Gasteiger partial charge < -0.3 is 9.47 Å². The second-order valence-corrected chi connectivity index (χ2v) is 34.2. The molecule has 0 aliphatic heterocycles. The molecule has 1 heterocycles. The van der Waals surface area contributed by atoms with E-state index in [2.05, 4.69) is 41.3 Å². The molecular formula is C43H63FN6O8Sn. The fourth-order valence-corrected chi connectivity index (χ4v) is 9.20. The number of halogens is 1. The van der Waals surface area contributed by atoms with E-state index in [-0.39, 0.29) is 50.9 Å². The van der Waals surface area contributed by atoms with Crippen molar-refractivity contribution in [2.45, 2.75) is 133 Å². The predicted molar refractivity (Wildman–Crippen MR) is 225 cm³/mol. The van der Waals surface area contributed by atoms with Crippen molar-refractivity contribution in [3.63, 3.8) is 0 Å². The minimum atomic E-state index is -2.78. The van der Waals surface area contributed by atoms with Gasteiger partial charge in [-0.3, -0.25) is 9.59 Å². The van der Waals surface area contributed by atoms with E-state index in [4.69, 9.17) is 18.9 Å². The molecule has 3 rings (SSSR count). The average Bonchev–Trinajstić information content (AvgIpc) is 3.00. The predicted octanol–water partition coefficient (Wildman–Crippen LogP) is 6.26. The zero-order chi connectivity index (χ0) is 44.7. The number of carbonyl (C=O) groups excluding carboxylic acids is 4. The van der Waals surface area contributed by atoms with Crippen molar-refractivity contribution in [1.82, 2.24) is 30.2 Å². The van der Waals surface area contributed by atoms with E-state index in [9.17, 15) is 19.2 Å². The number of carbonyl (C=O) groups is 4. The van der Waals surface area contributed by atoms with Gasteiger partial charge in [-0.1, -0.05) is 0 Å². The van der Waals surface area contributed by atoms with Gasteiger partial charge in [-0.25, -0.2) is 0 Å². The number of ether oxygens (including phenoxy) is 4. The Bertz CT molecular complexity index is 1900. The second-order valence-electron chi connectivity index (χ2n) is 19.7. The van der Waals surface area contributed by atoms with E-state index in [1.165, 1.54) is 17.0 Å². The molecule has 0 atom stereocenters. The van der Waals surface area contributed by atoms with Crippen LogP contribution in [0.25, 0.3) is 22.8 Å². The molecule has 0 radical (unpaired) electrons. The molecule has 0 saturated heterocycles. The standard InChI is InChI=1S/C40H54FN6O8.3CH3.Sn/c1-37(2,3)52-31(48)22-46(23-32(49)53-38(4,5)6)20-26-14-13-15-28(16-26)35-42-44-36(45-43-35)29-17-27(18-30(41)19-29)21-47(24-33(50)54-39(7,8)9)25-34(51)55-40(10,11)12;;;;/h14-19H,20-25H2,1-12H3;3*1H3;. The van der Waals surface area contributed by atoms with Crippen molar-refractivity contribution in [3.05, 3.63) is 53.3 Å². The topological polar surface area (TPSA) is 163 Å². The molecule has 0 spiro atoms. The quantitative estimate of drug-likeness (QED) is 0.0954. The fraction of sp³-hybridized carbons (Fsp3) is 0.581. The summed E-state index contributed by atoms with van der Waals surface area (Å²) in [5.74, 6) is -2.34. The molecule has 0 unspecified atom stereocenters. The Kier molecular flexibility index (Phi) is 16.3. The first-order chi connectivity index (χ1) is 26.8. The molecule has 2 aromatic carbocycles. The van der Waals surface area contributed by atoms with Crippen LogP contribution in [-0.2, 0) is 51.2 Å². The molecule has 0 N–H and O–H groups in total. The van der Waals surface area contributed by atoms with Crippen molar-refractivity contribution in [2.75, 3.05) is 26.2 Å². The van der Waals surface area contributed by atoms with E-state index >= 15 is 4.39 Å². The number of benzene rings is 2. The molecule has 16 heteroatoms. The van der Waals surface area contributed by atoms with Crippen molar-refractivity contribution in [3.8, 4) is 22.8 Å². The first-order valence-electron chi connectivity index (χ1n) is 19.7. The Morgan fingerprint density at radius 3 is 1.12 bits per heavy atom. The summed E-state index contributed by atoms with van der Waals surface area (Å²) in [5.41, 5.74) is -0.699. The Hall–Kier alpha value is -4.09. The van der Waals surface area contributed by atoms with E-state index in [1.807, 2.05) is 12.1 Å². The molecule has 3 aromatic rings. The number of esters is 4. The number of rotatable bonds is 15. The van der Waals surface area contributed by atoms with Gasteiger partial charge in [0.15, 0.2) is 0 Å². The molecule has 324 valence electrons. The van der Waals surface area contributed by atoms with Crippen molar-refractivity contribution >= 4 is 45.8 Å². The molecule has 14 nitrogen and oxygen atoms in total. The van der Waals surface area contributed by atoms with Gasteiger partial charge >= 0.3 is 269 Å². The summed E-state index contributed by atoms with van der Waals surface area (Å²) in [7, 11) is 0. The third-order valence-electron chi connectivity index (χ3n) is 7.71. The summed E-state index contributed by atoms with van der Waals surface area (Å²) < 4.78 is 38.4. The molecule has 0 saturated carbocycles. The van der Waals surface area contributed by atoms with Crippen LogP contribution < -0.4 is 3.58 Å². The van der Waals surface area contributed by atoms with Crippen LogP contribution in [0.15, 0.2) is 36.4 Å². The van der Waals surface area contributed by atoms with Crippen LogP contribution in [0, 0.1) is 5.82 Å². The van der Waals surface area contributed by atoms with Crippen LogP contribution >= 0.6 is 0 Å². The maximum atomic E-state index is 15.1. The molecule has 0 aliphatic carbocycles. The fourth-order valence-electron chi connectivity index (χ4n) is 5.75. The Balaban J connectivity index is 1.96. The van der Waals surface area contributed by atoms with Crippen LogP contribution in [-0.4, -0.2) is 121 Å². The van der Waals surface area contributed by atoms with Gasteiger partial charge in [0.2, 0.25) is 0 Å². The van der Waals surface area contributed by atoms with Crippen LogP contribution in [0.2, 0.25) is 14.8 Å². The van der Waals surface area contributed by atoms with Crippen molar-refractivity contribution in [1.29, 1.82) is 0 Å². The first-order valence-corrected chi connectivity index (χ1v) is 29.7. The van der Waals surface area contributed by atoms with E-state index < -0.39 is 70.5 Å². The summed E-state index contributed by atoms with van der Waals surface area (Å²) >= 11 is -2.78. The number of nitrogens with zero attached hydrogens (tertiary/aromatic N) is 6. The number of hydrogen-bond acceptors (Lipinski definition) is 14. The van der Waals surface area contributed by atoms with Gasteiger partial charge in [-0.05, 0) is 41.5 Å². The van der Waals surface area contributed by atoms with Crippen LogP contribution in [0.5, 0.6) is 0 Å². The average molecular weight is 930 g/mol. The molecule has 0 amide bonds. The Morgan fingerprint density at radius 2 is 0.814 bits per heavy atom. The van der Waals surface area contributed by atoms with Gasteiger partial charge in [0.25, 0.3) is 0 Å². The first kappa shape index (κ1) is 49.3. The van der Waals surface area contributed by atoms with Gasteiger partial charge in [0.05, 0.1) is 13.1 Å². The SMILES string of the molecule is CC(C)(C)OC(=O)CN(CC(=O)OC(C)(C)C)Cc1cc(F)cc(-c2nnc(-c3cc(CN(CC(=O)OC(C)(C)C)CC(=O)OC(C)(C)C)c[c]([Sn]([CH3])([CH3])[CH3])c3)nn2)c1. The normalized spacial score (nSPS) is 12.7. The zero-order valence-electron chi connectivity index (χ0n) is 37.5. The van der Waals surface area contributed by atoms with Crippen molar-refractivity contribution in [2.24, 2.45) is 0 Å². The molecule has 0 bridgehead atoms. The molecule has 0 aliphatic rings. The summed E-state index contributed by atoms with van der Waals surface area (Å²) in [6.45, 7) is 20.7. The van der Waals surface area contributed by atoms with E-state index in [0.717, 1.165) is 9.14 Å². The summed E-state index contributed by atoms with van der Waals surface area (Å²) in [4.78, 5) is 61.5. The third-order valence-corrected chi connectivity index (χ3v) is 13.5. The van der Waals surface area contributed by atoms with Gasteiger partial charge in [-0.15, -0.1) is 0 Å². The van der Waals surface area contributed by atoms with Gasteiger partial charge in [0, 0.05) is 0 Å². The summed E-state index contributed by atoms with van der Waals surface area (Å²) in [6.07, 6.45) is 0. The number of hydrogen-bond donors (Lipinski definition) is 0. The second kappa shape index (κ2) is 19.5. The molecule has 59 heavy (non-hydrogen) atoms. The van der Waals surface area contributed by atoms with Crippen LogP contribution in [0.4, 0.5) is 4.39 Å². The summed E-state index contributed by atoms with van der Waals surface area (Å²) in [6, 6.07) is 10.2. The summed E-state index contributed by atoms with van der Waals surface area (Å²) in [5, 5.41) is 17.4. The van der Waals surface area contributed by atoms with Crippen LogP contribution in [0.1, 0.15) is 94.2 Å². The third kappa shape index (κ3) is 18.8. The monoisotopic (exact) mass is 930 g/mol. The van der Waals surface area contributed by atoms with Crippen molar-refractivity contribution < 1.29 is 42.5 Å². The van der Waals surface area contributed by atoms with Gasteiger partial charge in [0.1, 0.15) is 11.2 Å². The number of aromatic nitrogens is 4.